The van der Waals surface area contributed by atoms with Crippen LogP contribution >= 0.6 is 0 Å². The molecule has 1 atom stereocenters. The van der Waals surface area contributed by atoms with Crippen molar-refractivity contribution in [3.05, 3.63) is 24.0 Å². The summed E-state index contributed by atoms with van der Waals surface area (Å²) in [6, 6.07) is 4.07. The molecule has 2 aliphatic rings. The zero-order valence-corrected chi connectivity index (χ0v) is 14.1. The number of nitrogens with zero attached hydrogens (tertiary/aromatic N) is 1. The Morgan fingerprint density at radius 1 is 1.29 bits per heavy atom. The molecule has 1 unspecified atom stereocenters. The summed E-state index contributed by atoms with van der Waals surface area (Å²) in [6.07, 6.45) is 4.36. The van der Waals surface area contributed by atoms with Gasteiger partial charge in [-0.05, 0) is 43.7 Å². The van der Waals surface area contributed by atoms with Crippen LogP contribution in [0.15, 0.2) is 18.2 Å². The fourth-order valence-electron chi connectivity index (χ4n) is 3.03. The molecule has 1 N–H and O–H groups in total. The highest BCUT2D eigenvalue weighted by molar-refractivity contribution is 5.91. The van der Waals surface area contributed by atoms with Gasteiger partial charge in [0.15, 0.2) is 0 Å². The molecule has 1 heterocycles. The Bertz CT molecular complexity index is 575. The molecule has 2 fully saturated rings. The number of halogens is 1. The van der Waals surface area contributed by atoms with E-state index in [0.717, 1.165) is 32.2 Å². The molecule has 0 aromatic heterocycles. The van der Waals surface area contributed by atoms with Gasteiger partial charge in [0.05, 0.1) is 18.9 Å². The number of rotatable bonds is 6. The third kappa shape index (κ3) is 4.60. The number of amides is 2. The standard InChI is InChI=1S/C18H25FN2O3/c1-23-11-14-3-2-8-21(10-14)18(22)20-16-7-6-15(19)9-17(16)24-12-13-4-5-13/h6-7,9,13-14H,2-5,8,10-12H2,1H3,(H,20,22). The third-order valence-corrected chi connectivity index (χ3v) is 4.57. The molecule has 0 spiro atoms. The Balaban J connectivity index is 1.62. The SMILES string of the molecule is COCC1CCCN(C(=O)Nc2ccc(F)cc2OCC2CC2)C1. The van der Waals surface area contributed by atoms with Crippen LogP contribution < -0.4 is 10.1 Å². The molecular formula is C18H25FN2O3. The van der Waals surface area contributed by atoms with Gasteiger partial charge in [0, 0.05) is 32.2 Å². The summed E-state index contributed by atoms with van der Waals surface area (Å²) >= 11 is 0. The smallest absolute Gasteiger partial charge is 0.321 e. The fourth-order valence-corrected chi connectivity index (χ4v) is 3.03. The van der Waals surface area contributed by atoms with Crippen molar-refractivity contribution in [3.63, 3.8) is 0 Å². The number of piperidine rings is 1. The van der Waals surface area contributed by atoms with Gasteiger partial charge in [0.1, 0.15) is 11.6 Å². The number of carbonyl (C=O) groups is 1. The molecule has 1 saturated carbocycles. The second-order valence-electron chi connectivity index (χ2n) is 6.73. The van der Waals surface area contributed by atoms with Crippen molar-refractivity contribution in [1.29, 1.82) is 0 Å². The minimum Gasteiger partial charge on any atom is -0.491 e. The number of urea groups is 1. The molecule has 0 radical (unpaired) electrons. The summed E-state index contributed by atoms with van der Waals surface area (Å²) in [4.78, 5) is 14.3. The minimum absolute atomic E-state index is 0.168. The second-order valence-corrected chi connectivity index (χ2v) is 6.73. The molecule has 1 saturated heterocycles. The lowest BCUT2D eigenvalue weighted by Crippen LogP contribution is -2.43. The summed E-state index contributed by atoms with van der Waals surface area (Å²) in [6.45, 7) is 2.65. The van der Waals surface area contributed by atoms with E-state index in [1.54, 1.807) is 18.1 Å². The van der Waals surface area contributed by atoms with Gasteiger partial charge < -0.3 is 19.7 Å². The number of ether oxygens (including phenoxy) is 2. The monoisotopic (exact) mass is 336 g/mol. The van der Waals surface area contributed by atoms with E-state index < -0.39 is 0 Å². The van der Waals surface area contributed by atoms with Crippen LogP contribution in [-0.2, 0) is 4.74 Å². The number of carbonyl (C=O) groups excluding carboxylic acids is 1. The van der Waals surface area contributed by atoms with Gasteiger partial charge in [-0.25, -0.2) is 9.18 Å². The highest BCUT2D eigenvalue weighted by atomic mass is 19.1. The van der Waals surface area contributed by atoms with Crippen LogP contribution in [0.3, 0.4) is 0 Å². The molecule has 24 heavy (non-hydrogen) atoms. The van der Waals surface area contributed by atoms with E-state index in [2.05, 4.69) is 5.32 Å². The molecule has 5 nitrogen and oxygen atoms in total. The van der Waals surface area contributed by atoms with Crippen LogP contribution in [0.1, 0.15) is 25.7 Å². The Morgan fingerprint density at radius 2 is 2.12 bits per heavy atom. The van der Waals surface area contributed by atoms with Crippen LogP contribution in [0.2, 0.25) is 0 Å². The lowest BCUT2D eigenvalue weighted by molar-refractivity contribution is 0.104. The summed E-state index contributed by atoms with van der Waals surface area (Å²) in [5.74, 6) is 0.972. The first-order valence-corrected chi connectivity index (χ1v) is 8.63. The normalized spacial score (nSPS) is 20.8. The average molecular weight is 336 g/mol. The molecule has 6 heteroatoms. The maximum atomic E-state index is 13.5. The van der Waals surface area contributed by atoms with E-state index in [1.165, 1.54) is 12.1 Å². The summed E-state index contributed by atoms with van der Waals surface area (Å²) in [5, 5.41) is 2.87. The van der Waals surface area contributed by atoms with Gasteiger partial charge in [-0.3, -0.25) is 0 Å². The van der Waals surface area contributed by atoms with Crippen molar-refractivity contribution in [1.82, 2.24) is 4.90 Å². The van der Waals surface area contributed by atoms with Crippen molar-refractivity contribution in [2.24, 2.45) is 11.8 Å². The zero-order valence-electron chi connectivity index (χ0n) is 14.1. The summed E-state index contributed by atoms with van der Waals surface area (Å²) in [5.41, 5.74) is 0.524. The van der Waals surface area contributed by atoms with Crippen molar-refractivity contribution in [2.75, 3.05) is 38.7 Å². The van der Waals surface area contributed by atoms with Gasteiger partial charge in [0.2, 0.25) is 0 Å². The quantitative estimate of drug-likeness (QED) is 0.865. The maximum absolute atomic E-state index is 13.5. The molecule has 1 aliphatic carbocycles. The molecular weight excluding hydrogens is 311 g/mol. The molecule has 1 aliphatic heterocycles. The number of methoxy groups -OCH3 is 1. The van der Waals surface area contributed by atoms with E-state index >= 15 is 0 Å². The van der Waals surface area contributed by atoms with Crippen LogP contribution in [0.4, 0.5) is 14.9 Å². The Morgan fingerprint density at radius 3 is 2.88 bits per heavy atom. The van der Waals surface area contributed by atoms with Crippen molar-refractivity contribution in [3.8, 4) is 5.75 Å². The average Bonchev–Trinajstić information content (AvgIpc) is 3.40. The summed E-state index contributed by atoms with van der Waals surface area (Å²) < 4.78 is 24.4. The first-order valence-electron chi connectivity index (χ1n) is 8.63. The third-order valence-electron chi connectivity index (χ3n) is 4.57. The highest BCUT2D eigenvalue weighted by Gasteiger charge is 2.25. The largest absolute Gasteiger partial charge is 0.491 e. The highest BCUT2D eigenvalue weighted by Crippen LogP contribution is 2.32. The number of hydrogen-bond donors (Lipinski definition) is 1. The van der Waals surface area contributed by atoms with Crippen LogP contribution in [0.5, 0.6) is 5.75 Å². The van der Waals surface area contributed by atoms with Gasteiger partial charge in [-0.1, -0.05) is 0 Å². The number of benzene rings is 1. The Kier molecular flexibility index (Phi) is 5.56. The molecule has 0 bridgehead atoms. The van der Waals surface area contributed by atoms with Crippen molar-refractivity contribution >= 4 is 11.7 Å². The second kappa shape index (κ2) is 7.83. The van der Waals surface area contributed by atoms with E-state index in [1.807, 2.05) is 0 Å². The topological polar surface area (TPSA) is 50.8 Å². The predicted molar refractivity (Wildman–Crippen MR) is 89.8 cm³/mol. The van der Waals surface area contributed by atoms with Gasteiger partial charge in [0.25, 0.3) is 0 Å². The van der Waals surface area contributed by atoms with E-state index in [4.69, 9.17) is 9.47 Å². The molecule has 2 amide bonds. The minimum atomic E-state index is -0.364. The number of likely N-dealkylation sites (tertiary alicyclic amines) is 1. The number of hydrogen-bond acceptors (Lipinski definition) is 3. The molecule has 132 valence electrons. The van der Waals surface area contributed by atoms with E-state index in [-0.39, 0.29) is 11.8 Å². The van der Waals surface area contributed by atoms with Crippen molar-refractivity contribution in [2.45, 2.75) is 25.7 Å². The van der Waals surface area contributed by atoms with Gasteiger partial charge in [-0.2, -0.15) is 0 Å². The van der Waals surface area contributed by atoms with Gasteiger partial charge in [-0.15, -0.1) is 0 Å². The first kappa shape index (κ1) is 17.0. The lowest BCUT2D eigenvalue weighted by Gasteiger charge is -2.32. The predicted octanol–water partition coefficient (Wildman–Crippen LogP) is 3.50. The Labute approximate surface area is 142 Å². The first-order chi connectivity index (χ1) is 11.7. The van der Waals surface area contributed by atoms with Crippen molar-refractivity contribution < 1.29 is 18.7 Å². The number of nitrogens with one attached hydrogen (secondary N) is 1. The van der Waals surface area contributed by atoms with E-state index in [9.17, 15) is 9.18 Å². The lowest BCUT2D eigenvalue weighted by atomic mass is 9.99. The number of anilines is 1. The summed E-state index contributed by atoms with van der Waals surface area (Å²) in [7, 11) is 1.68. The molecule has 1 aromatic rings. The fraction of sp³-hybridized carbons (Fsp3) is 0.611. The molecule has 1 aromatic carbocycles. The van der Waals surface area contributed by atoms with Crippen LogP contribution in [0.25, 0.3) is 0 Å². The Hall–Kier alpha value is -1.82. The zero-order chi connectivity index (χ0) is 16.9. The van der Waals surface area contributed by atoms with Gasteiger partial charge >= 0.3 is 6.03 Å². The molecule has 3 rings (SSSR count). The van der Waals surface area contributed by atoms with Crippen LogP contribution in [0, 0.1) is 17.7 Å². The van der Waals surface area contributed by atoms with E-state index in [0.29, 0.717) is 43.0 Å². The van der Waals surface area contributed by atoms with Crippen LogP contribution in [-0.4, -0.2) is 44.3 Å². The maximum Gasteiger partial charge on any atom is 0.321 e.